The number of hydrogen-bond donors (Lipinski definition) is 0. The minimum Gasteiger partial charge on any atom is -0.273 e. The molecule has 0 aromatic carbocycles. The van der Waals surface area contributed by atoms with Gasteiger partial charge in [0.1, 0.15) is 0 Å². The van der Waals surface area contributed by atoms with E-state index < -0.39 is 40.4 Å². The van der Waals surface area contributed by atoms with Crippen molar-refractivity contribution in [3.05, 3.63) is 0 Å². The van der Waals surface area contributed by atoms with Gasteiger partial charge in [-0.05, 0) is 0 Å². The van der Waals surface area contributed by atoms with Crippen molar-refractivity contribution in [2.24, 2.45) is 0 Å². The van der Waals surface area contributed by atoms with Crippen LogP contribution in [0.2, 0.25) is 0 Å². The van der Waals surface area contributed by atoms with Crippen molar-refractivity contribution in [2.75, 3.05) is 7.11 Å². The van der Waals surface area contributed by atoms with Gasteiger partial charge >= 0.3 is 36.5 Å². The van der Waals surface area contributed by atoms with Crippen LogP contribution < -0.4 is 0 Å². The van der Waals surface area contributed by atoms with Crippen LogP contribution in [0.4, 0.5) is 26.3 Å². The van der Waals surface area contributed by atoms with Gasteiger partial charge in [0.25, 0.3) is 0 Å². The monoisotopic (exact) mass is 323 g/mol. The van der Waals surface area contributed by atoms with E-state index >= 15 is 0 Å². The molecule has 1 rings (SSSR count). The van der Waals surface area contributed by atoms with E-state index in [2.05, 4.69) is 4.84 Å². The van der Waals surface area contributed by atoms with Crippen molar-refractivity contribution in [3.8, 4) is 0 Å². The van der Waals surface area contributed by atoms with Gasteiger partial charge in [-0.3, -0.25) is 4.84 Å². The van der Waals surface area contributed by atoms with Crippen LogP contribution in [-0.2, 0) is 24.9 Å². The second-order valence-electron chi connectivity index (χ2n) is 2.96. The van der Waals surface area contributed by atoms with Crippen molar-refractivity contribution in [1.82, 2.24) is 3.87 Å². The maximum Gasteiger partial charge on any atom is 0.431 e. The topological polar surface area (TPSA) is 80.8 Å². The summed E-state index contributed by atoms with van der Waals surface area (Å²) in [6.07, 6.45) is 0. The molecule has 14 heteroatoms. The number of sulfonamides is 2. The molecule has 0 radical (unpaired) electrons. The van der Waals surface area contributed by atoms with Gasteiger partial charge in [-0.1, -0.05) is 0 Å². The molecule has 0 unspecified atom stereocenters. The molecule has 1 heterocycles. The molecule has 0 N–H and O–H groups in total. The van der Waals surface area contributed by atoms with Crippen molar-refractivity contribution < 1.29 is 48.0 Å². The highest BCUT2D eigenvalue weighted by Crippen LogP contribution is 2.56. The number of nitrogens with zero attached hydrogens (tertiary/aromatic N) is 1. The third kappa shape index (κ3) is 1.31. The summed E-state index contributed by atoms with van der Waals surface area (Å²) < 4.78 is 118. The lowest BCUT2D eigenvalue weighted by Gasteiger charge is -2.39. The van der Waals surface area contributed by atoms with Gasteiger partial charge in [0.05, 0.1) is 7.11 Å². The zero-order valence-corrected chi connectivity index (χ0v) is 9.71. The van der Waals surface area contributed by atoms with Gasteiger partial charge in [-0.2, -0.15) is 26.3 Å². The molecule has 6 nitrogen and oxygen atoms in total. The smallest absolute Gasteiger partial charge is 0.273 e. The molecular weight excluding hydrogens is 320 g/mol. The second kappa shape index (κ2) is 3.49. The quantitative estimate of drug-likeness (QED) is 0.650. The van der Waals surface area contributed by atoms with Crippen molar-refractivity contribution in [1.29, 1.82) is 0 Å². The Balaban J connectivity index is 3.83. The largest absolute Gasteiger partial charge is 0.431 e. The SMILES string of the molecule is CON1S(=O)(=O)C(F)(F)C(F)(F)C(F)(F)S1(=O)=O. The third-order valence-corrected chi connectivity index (χ3v) is 5.99. The van der Waals surface area contributed by atoms with Crippen LogP contribution in [0.3, 0.4) is 0 Å². The van der Waals surface area contributed by atoms with E-state index in [0.29, 0.717) is 0 Å². The van der Waals surface area contributed by atoms with Crippen molar-refractivity contribution >= 4 is 20.0 Å². The van der Waals surface area contributed by atoms with Crippen molar-refractivity contribution in [3.63, 3.8) is 0 Å². The maximum absolute atomic E-state index is 12.8. The molecule has 0 aromatic rings. The Morgan fingerprint density at radius 3 is 1.33 bits per heavy atom. The van der Waals surface area contributed by atoms with Crippen LogP contribution >= 0.6 is 0 Å². The van der Waals surface area contributed by atoms with Crippen LogP contribution in [0.25, 0.3) is 0 Å². The fourth-order valence-corrected chi connectivity index (χ4v) is 4.34. The van der Waals surface area contributed by atoms with Crippen LogP contribution in [0, 0.1) is 0 Å². The molecule has 1 aliphatic rings. The minimum atomic E-state index is -6.68. The highest BCUT2D eigenvalue weighted by molar-refractivity contribution is 8.05. The van der Waals surface area contributed by atoms with Gasteiger partial charge in [-0.15, -0.1) is 0 Å². The summed E-state index contributed by atoms with van der Waals surface area (Å²) in [5.74, 6) is -6.65. The lowest BCUT2D eigenvalue weighted by atomic mass is 10.3. The lowest BCUT2D eigenvalue weighted by Crippen LogP contribution is -2.71. The first-order chi connectivity index (χ1) is 7.69. The Labute approximate surface area is 96.2 Å². The van der Waals surface area contributed by atoms with E-state index in [9.17, 15) is 43.2 Å². The van der Waals surface area contributed by atoms with E-state index in [-0.39, 0.29) is 7.11 Å². The summed E-state index contributed by atoms with van der Waals surface area (Å²) in [4.78, 5) is 3.35. The molecule has 0 bridgehead atoms. The maximum atomic E-state index is 12.8. The Kier molecular flexibility index (Phi) is 2.99. The number of alkyl halides is 6. The standard InChI is InChI=1S/C4H3F6NO5S2/c1-16-11-17(12,13)3(7,8)2(5,6)4(9,10)18(11,14)15/h1H3. The Bertz CT molecular complexity index is 519. The average molecular weight is 323 g/mol. The molecule has 0 atom stereocenters. The molecule has 0 spiro atoms. The van der Waals surface area contributed by atoms with Gasteiger partial charge in [0.2, 0.25) is 0 Å². The van der Waals surface area contributed by atoms with Gasteiger partial charge in [-0.25, -0.2) is 16.8 Å². The fraction of sp³-hybridized carbons (Fsp3) is 1.00. The molecule has 0 amide bonds. The predicted octanol–water partition coefficient (Wildman–Crippen LogP) is 0.344. The first-order valence-corrected chi connectivity index (χ1v) is 6.54. The van der Waals surface area contributed by atoms with E-state index in [0.717, 1.165) is 0 Å². The first-order valence-electron chi connectivity index (χ1n) is 3.66. The summed E-state index contributed by atoms with van der Waals surface area (Å²) in [6, 6.07) is 0. The molecule has 0 saturated carbocycles. The first kappa shape index (κ1) is 15.5. The third-order valence-electron chi connectivity index (χ3n) is 1.92. The number of rotatable bonds is 1. The second-order valence-corrected chi connectivity index (χ2v) is 6.78. The molecule has 18 heavy (non-hydrogen) atoms. The van der Waals surface area contributed by atoms with E-state index in [1.54, 1.807) is 0 Å². The summed E-state index contributed by atoms with van der Waals surface area (Å²) in [7, 11) is -13.2. The number of halogens is 6. The Morgan fingerprint density at radius 2 is 1.11 bits per heavy atom. The Hall–Kier alpha value is -0.600. The molecule has 0 aromatic heterocycles. The summed E-state index contributed by atoms with van der Waals surface area (Å²) in [5.41, 5.74) is 0. The number of hydrogen-bond acceptors (Lipinski definition) is 5. The van der Waals surface area contributed by atoms with E-state index in [1.165, 1.54) is 0 Å². The summed E-state index contributed by atoms with van der Waals surface area (Å²) in [5, 5.41) is -12.7. The van der Waals surface area contributed by atoms with Gasteiger partial charge < -0.3 is 0 Å². The molecule has 1 fully saturated rings. The fourth-order valence-electron chi connectivity index (χ4n) is 1.01. The minimum absolute atomic E-state index is 0.130. The zero-order valence-electron chi connectivity index (χ0n) is 8.07. The molecule has 1 aliphatic heterocycles. The van der Waals surface area contributed by atoms with Crippen LogP contribution in [0.5, 0.6) is 0 Å². The van der Waals surface area contributed by atoms with Crippen molar-refractivity contribution in [2.45, 2.75) is 16.4 Å². The van der Waals surface area contributed by atoms with Crippen LogP contribution in [0.15, 0.2) is 0 Å². The normalized spacial score (nSPS) is 31.9. The van der Waals surface area contributed by atoms with E-state index in [1.807, 2.05) is 0 Å². The Morgan fingerprint density at radius 1 is 0.833 bits per heavy atom. The van der Waals surface area contributed by atoms with E-state index in [4.69, 9.17) is 0 Å². The lowest BCUT2D eigenvalue weighted by molar-refractivity contribution is -0.255. The summed E-state index contributed by atoms with van der Waals surface area (Å²) >= 11 is 0. The summed E-state index contributed by atoms with van der Waals surface area (Å²) in [6.45, 7) is 0. The zero-order chi connectivity index (χ0) is 14.8. The predicted molar refractivity (Wildman–Crippen MR) is 41.5 cm³/mol. The van der Waals surface area contributed by atoms with Crippen LogP contribution in [0.1, 0.15) is 0 Å². The highest BCUT2D eigenvalue weighted by atomic mass is 32.3. The molecular formula is C4H3F6NO5S2. The van der Waals surface area contributed by atoms with Crippen LogP contribution in [-0.4, -0.2) is 44.3 Å². The average Bonchev–Trinajstić information content (AvgIpc) is 2.15. The molecule has 108 valence electrons. The molecule has 0 aliphatic carbocycles. The van der Waals surface area contributed by atoms with Gasteiger partial charge in [0.15, 0.2) is 0 Å². The van der Waals surface area contributed by atoms with Gasteiger partial charge in [0, 0.05) is 3.87 Å². The molecule has 1 saturated heterocycles. The highest BCUT2D eigenvalue weighted by Gasteiger charge is 2.89.